The summed E-state index contributed by atoms with van der Waals surface area (Å²) >= 11 is 18.7. The molecule has 40 heavy (non-hydrogen) atoms. The third-order valence-corrected chi connectivity index (χ3v) is 9.37. The number of ether oxygens (including phenoxy) is 2. The van der Waals surface area contributed by atoms with Crippen molar-refractivity contribution in [3.05, 3.63) is 81.6 Å². The van der Waals surface area contributed by atoms with Crippen LogP contribution in [-0.2, 0) is 16.6 Å². The number of pyridine rings is 2. The van der Waals surface area contributed by atoms with E-state index < -0.39 is 10.0 Å². The molecule has 5 rings (SSSR count). The number of hydrogen-bond donors (Lipinski definition) is 1. The fourth-order valence-electron chi connectivity index (χ4n) is 4.41. The topological polar surface area (TPSA) is 93.7 Å². The SMILES string of the molecule is CN1CCC(COc2cc(COc3nc4ccncc4cc3NS(=O)(=O)c3cccc(Cl)c3Cl)ccc2Cl)CC1. The second-order valence-corrected chi connectivity index (χ2v) is 12.5. The van der Waals surface area contributed by atoms with Crippen LogP contribution in [-0.4, -0.2) is 50.0 Å². The molecule has 1 N–H and O–H groups in total. The maximum absolute atomic E-state index is 13.3. The van der Waals surface area contributed by atoms with Gasteiger partial charge in [-0.2, -0.15) is 0 Å². The summed E-state index contributed by atoms with van der Waals surface area (Å²) < 4.78 is 41.2. The zero-order valence-electron chi connectivity index (χ0n) is 21.6. The van der Waals surface area contributed by atoms with E-state index in [4.69, 9.17) is 44.3 Å². The predicted molar refractivity (Wildman–Crippen MR) is 158 cm³/mol. The Morgan fingerprint density at radius 2 is 1.82 bits per heavy atom. The van der Waals surface area contributed by atoms with Gasteiger partial charge in [-0.05, 0) is 80.9 Å². The molecule has 0 spiro atoms. The van der Waals surface area contributed by atoms with Crippen LogP contribution in [0.25, 0.3) is 10.9 Å². The second kappa shape index (κ2) is 12.4. The average molecular weight is 622 g/mol. The number of fused-ring (bicyclic) bond motifs is 1. The van der Waals surface area contributed by atoms with E-state index in [1.165, 1.54) is 18.2 Å². The molecular weight excluding hydrogens is 595 g/mol. The van der Waals surface area contributed by atoms with Gasteiger partial charge in [0, 0.05) is 17.8 Å². The molecule has 4 aromatic rings. The van der Waals surface area contributed by atoms with E-state index in [0.717, 1.165) is 31.5 Å². The molecule has 0 aliphatic carbocycles. The maximum atomic E-state index is 13.3. The Morgan fingerprint density at radius 3 is 2.62 bits per heavy atom. The van der Waals surface area contributed by atoms with Crippen molar-refractivity contribution in [3.8, 4) is 11.6 Å². The van der Waals surface area contributed by atoms with Crippen molar-refractivity contribution in [3.63, 3.8) is 0 Å². The number of benzene rings is 2. The van der Waals surface area contributed by atoms with Gasteiger partial charge in [-0.25, -0.2) is 13.4 Å². The summed E-state index contributed by atoms with van der Waals surface area (Å²) in [7, 11) is -2.00. The Kier molecular flexibility index (Phi) is 8.87. The molecule has 0 radical (unpaired) electrons. The molecule has 2 aromatic heterocycles. The van der Waals surface area contributed by atoms with Gasteiger partial charge in [0.2, 0.25) is 5.88 Å². The lowest BCUT2D eigenvalue weighted by Gasteiger charge is -2.28. The molecule has 0 atom stereocenters. The summed E-state index contributed by atoms with van der Waals surface area (Å²) in [4.78, 5) is 10.8. The number of nitrogens with one attached hydrogen (secondary N) is 1. The van der Waals surface area contributed by atoms with Crippen LogP contribution in [0.15, 0.2) is 65.8 Å². The van der Waals surface area contributed by atoms with Gasteiger partial charge in [-0.1, -0.05) is 46.9 Å². The highest BCUT2D eigenvalue weighted by Crippen LogP contribution is 2.34. The lowest BCUT2D eigenvalue weighted by Crippen LogP contribution is -2.32. The summed E-state index contributed by atoms with van der Waals surface area (Å²) in [5.41, 5.74) is 1.50. The van der Waals surface area contributed by atoms with E-state index in [-0.39, 0.29) is 33.1 Å². The molecule has 12 heteroatoms. The number of likely N-dealkylation sites (tertiary alicyclic amines) is 1. The highest BCUT2D eigenvalue weighted by molar-refractivity contribution is 7.92. The normalized spacial score (nSPS) is 14.8. The first-order valence-corrected chi connectivity index (χ1v) is 15.3. The van der Waals surface area contributed by atoms with Crippen molar-refractivity contribution in [2.45, 2.75) is 24.3 Å². The Labute approximate surface area is 248 Å². The lowest BCUT2D eigenvalue weighted by molar-refractivity contribution is 0.160. The molecule has 3 heterocycles. The number of anilines is 1. The fourth-order valence-corrected chi connectivity index (χ4v) is 6.39. The van der Waals surface area contributed by atoms with Gasteiger partial charge in [0.1, 0.15) is 22.9 Å². The largest absolute Gasteiger partial charge is 0.492 e. The van der Waals surface area contributed by atoms with Crippen LogP contribution in [0.1, 0.15) is 18.4 Å². The molecule has 1 aliphatic rings. The van der Waals surface area contributed by atoms with Crippen LogP contribution in [0.5, 0.6) is 11.6 Å². The Morgan fingerprint density at radius 1 is 1.02 bits per heavy atom. The summed E-state index contributed by atoms with van der Waals surface area (Å²) in [6.45, 7) is 2.80. The monoisotopic (exact) mass is 620 g/mol. The molecule has 0 unspecified atom stereocenters. The molecule has 8 nitrogen and oxygen atoms in total. The number of piperidine rings is 1. The molecule has 0 amide bonds. The van der Waals surface area contributed by atoms with Crippen molar-refractivity contribution < 1.29 is 17.9 Å². The van der Waals surface area contributed by atoms with E-state index in [2.05, 4.69) is 26.6 Å². The van der Waals surface area contributed by atoms with E-state index in [9.17, 15) is 8.42 Å². The van der Waals surface area contributed by atoms with Crippen molar-refractivity contribution >= 4 is 61.4 Å². The van der Waals surface area contributed by atoms with Gasteiger partial charge in [-0.3, -0.25) is 9.71 Å². The molecule has 1 saturated heterocycles. The number of aromatic nitrogens is 2. The molecule has 1 aliphatic heterocycles. The van der Waals surface area contributed by atoms with E-state index in [1.54, 1.807) is 30.6 Å². The Hall–Kier alpha value is -2.82. The number of rotatable bonds is 9. The first-order valence-electron chi connectivity index (χ1n) is 12.6. The van der Waals surface area contributed by atoms with Gasteiger partial charge >= 0.3 is 0 Å². The molecule has 2 aromatic carbocycles. The second-order valence-electron chi connectivity index (χ2n) is 9.68. The van der Waals surface area contributed by atoms with Crippen molar-refractivity contribution in [1.29, 1.82) is 0 Å². The average Bonchev–Trinajstić information content (AvgIpc) is 2.94. The van der Waals surface area contributed by atoms with E-state index in [1.807, 2.05) is 12.1 Å². The van der Waals surface area contributed by atoms with E-state index >= 15 is 0 Å². The van der Waals surface area contributed by atoms with Gasteiger partial charge in [0.15, 0.2) is 0 Å². The smallest absolute Gasteiger partial charge is 0.263 e. The van der Waals surface area contributed by atoms with Crippen molar-refractivity contribution in [2.24, 2.45) is 5.92 Å². The summed E-state index contributed by atoms with van der Waals surface area (Å²) in [6.07, 6.45) is 5.35. The van der Waals surface area contributed by atoms with Crippen molar-refractivity contribution in [1.82, 2.24) is 14.9 Å². The minimum absolute atomic E-state index is 0.0801. The minimum atomic E-state index is -4.12. The molecule has 0 bridgehead atoms. The lowest BCUT2D eigenvalue weighted by atomic mass is 9.98. The minimum Gasteiger partial charge on any atom is -0.492 e. The van der Waals surface area contributed by atoms with Gasteiger partial charge in [0.25, 0.3) is 10.0 Å². The third-order valence-electron chi connectivity index (χ3n) is 6.71. The Balaban J connectivity index is 1.37. The zero-order valence-corrected chi connectivity index (χ0v) is 24.7. The van der Waals surface area contributed by atoms with Crippen LogP contribution in [0.3, 0.4) is 0 Å². The van der Waals surface area contributed by atoms with Crippen LogP contribution in [0.4, 0.5) is 5.69 Å². The van der Waals surface area contributed by atoms with Crippen LogP contribution in [0.2, 0.25) is 15.1 Å². The van der Waals surface area contributed by atoms with Crippen LogP contribution >= 0.6 is 34.8 Å². The molecule has 210 valence electrons. The number of sulfonamides is 1. The van der Waals surface area contributed by atoms with Crippen LogP contribution < -0.4 is 14.2 Å². The first-order chi connectivity index (χ1) is 19.2. The predicted octanol–water partition coefficient (Wildman–Crippen LogP) is 6.69. The summed E-state index contributed by atoms with van der Waals surface area (Å²) in [6, 6.07) is 13.1. The summed E-state index contributed by atoms with van der Waals surface area (Å²) in [5, 5.41) is 1.18. The molecular formula is C28H27Cl3N4O4S. The van der Waals surface area contributed by atoms with Gasteiger partial charge in [0.05, 0.1) is 27.2 Å². The number of nitrogens with zero attached hydrogens (tertiary/aromatic N) is 3. The molecule has 1 fully saturated rings. The van der Waals surface area contributed by atoms with Crippen molar-refractivity contribution in [2.75, 3.05) is 31.5 Å². The fraction of sp³-hybridized carbons (Fsp3) is 0.286. The van der Waals surface area contributed by atoms with Crippen LogP contribution in [0, 0.1) is 5.92 Å². The van der Waals surface area contributed by atoms with Gasteiger partial charge in [-0.15, -0.1) is 0 Å². The summed E-state index contributed by atoms with van der Waals surface area (Å²) in [5.74, 6) is 1.15. The third kappa shape index (κ3) is 6.72. The molecule has 0 saturated carbocycles. The zero-order chi connectivity index (χ0) is 28.3. The first kappa shape index (κ1) is 28.7. The number of halogens is 3. The highest BCUT2D eigenvalue weighted by atomic mass is 35.5. The Bertz CT molecular complexity index is 1630. The van der Waals surface area contributed by atoms with Gasteiger partial charge < -0.3 is 14.4 Å². The number of hydrogen-bond acceptors (Lipinski definition) is 7. The quantitative estimate of drug-likeness (QED) is 0.223. The maximum Gasteiger partial charge on any atom is 0.263 e. The van der Waals surface area contributed by atoms with E-state index in [0.29, 0.717) is 34.2 Å². The highest BCUT2D eigenvalue weighted by Gasteiger charge is 2.23. The standard InChI is InChI=1S/C28H27Cl3N4O4S/c1-35-11-8-18(9-12-35)16-38-25-13-19(5-6-21(25)29)17-39-28-24(14-20-15-32-10-7-23(20)33-28)34-40(36,37)26-4-2-3-22(30)27(26)31/h2-7,10,13-15,18,34H,8-9,11-12,16-17H2,1H3.